The largest absolute Gasteiger partial charge is 0.496 e. The molecule has 1 aliphatic heterocycles. The van der Waals surface area contributed by atoms with E-state index in [2.05, 4.69) is 26.3 Å². The fourth-order valence-electron chi connectivity index (χ4n) is 3.85. The van der Waals surface area contributed by atoms with E-state index in [1.54, 1.807) is 14.0 Å². The zero-order valence-corrected chi connectivity index (χ0v) is 15.9. The van der Waals surface area contributed by atoms with Crippen LogP contribution in [0.1, 0.15) is 24.5 Å². The number of amidine groups is 1. The van der Waals surface area contributed by atoms with Crippen LogP contribution in [-0.2, 0) is 22.3 Å². The molecule has 0 radical (unpaired) electrons. The van der Waals surface area contributed by atoms with Crippen molar-refractivity contribution in [2.45, 2.75) is 31.7 Å². The van der Waals surface area contributed by atoms with Gasteiger partial charge in [0.25, 0.3) is 6.02 Å². The number of carbonyl (C=O) groups is 1. The molecule has 1 aromatic carbocycles. The number of hydrogen-bond donors (Lipinski definition) is 1. The van der Waals surface area contributed by atoms with Gasteiger partial charge in [-0.25, -0.2) is 25.1 Å². The minimum atomic E-state index is -0.557. The fraction of sp³-hybridized carbons (Fsp3) is 0.400. The average molecular weight is 382 g/mol. The lowest BCUT2D eigenvalue weighted by molar-refractivity contribution is 0.154. The number of ether oxygens (including phenoxy) is 3. The van der Waals surface area contributed by atoms with Gasteiger partial charge in [-0.1, -0.05) is 6.07 Å². The molecule has 4 rings (SSSR count). The van der Waals surface area contributed by atoms with Gasteiger partial charge in [-0.15, -0.1) is 0 Å². The molecule has 1 amide bonds. The van der Waals surface area contributed by atoms with Crippen molar-refractivity contribution < 1.29 is 19.0 Å². The second-order valence-electron chi connectivity index (χ2n) is 6.85. The Balaban J connectivity index is 1.65. The Bertz CT molecular complexity index is 916. The Morgan fingerprint density at radius 3 is 2.86 bits per heavy atom. The zero-order chi connectivity index (χ0) is 19.6. The number of benzene rings is 1. The molecular weight excluding hydrogens is 360 g/mol. The van der Waals surface area contributed by atoms with E-state index in [9.17, 15) is 4.79 Å². The second kappa shape index (κ2) is 7.46. The number of nitrogens with one attached hydrogen (secondary N) is 1. The fourth-order valence-corrected chi connectivity index (χ4v) is 3.85. The normalized spacial score (nSPS) is 20.1. The van der Waals surface area contributed by atoms with Crippen LogP contribution in [0.15, 0.2) is 35.8 Å². The van der Waals surface area contributed by atoms with E-state index in [1.807, 2.05) is 18.5 Å². The number of rotatable bonds is 3. The van der Waals surface area contributed by atoms with E-state index < -0.39 is 11.6 Å². The van der Waals surface area contributed by atoms with Crippen molar-refractivity contribution in [1.29, 1.82) is 0 Å². The first-order valence-electron chi connectivity index (χ1n) is 9.25. The molecule has 0 fully saturated rings. The third-order valence-electron chi connectivity index (χ3n) is 5.13. The van der Waals surface area contributed by atoms with Gasteiger partial charge < -0.3 is 14.2 Å². The summed E-state index contributed by atoms with van der Waals surface area (Å²) >= 11 is 0. The summed E-state index contributed by atoms with van der Waals surface area (Å²) in [5.41, 5.74) is 4.01. The van der Waals surface area contributed by atoms with Gasteiger partial charge in [-0.2, -0.15) is 0 Å². The molecule has 0 unspecified atom stereocenters. The summed E-state index contributed by atoms with van der Waals surface area (Å²) in [6.07, 6.45) is 6.89. The van der Waals surface area contributed by atoms with Gasteiger partial charge in [0, 0.05) is 29.9 Å². The van der Waals surface area contributed by atoms with Crippen molar-refractivity contribution in [3.63, 3.8) is 0 Å². The Morgan fingerprint density at radius 1 is 1.29 bits per heavy atom. The lowest BCUT2D eigenvalue weighted by atomic mass is 9.76. The third kappa shape index (κ3) is 3.37. The summed E-state index contributed by atoms with van der Waals surface area (Å²) in [7, 11) is 1.67. The Kier molecular flexibility index (Phi) is 4.85. The van der Waals surface area contributed by atoms with Crippen LogP contribution < -0.4 is 10.1 Å². The van der Waals surface area contributed by atoms with Crippen LogP contribution in [0.3, 0.4) is 0 Å². The number of aliphatic imine (C=N–C) groups is 1. The van der Waals surface area contributed by atoms with Gasteiger partial charge in [0.15, 0.2) is 0 Å². The number of carbonyl (C=O) groups excluding carboxylic acids is 1. The van der Waals surface area contributed by atoms with Gasteiger partial charge in [-0.3, -0.25) is 0 Å². The lowest BCUT2D eigenvalue weighted by Gasteiger charge is -2.32. The molecule has 1 spiro atoms. The van der Waals surface area contributed by atoms with E-state index in [0.29, 0.717) is 19.6 Å². The molecule has 0 bridgehead atoms. The van der Waals surface area contributed by atoms with E-state index in [4.69, 9.17) is 14.2 Å². The first kappa shape index (κ1) is 18.2. The highest BCUT2D eigenvalue weighted by atomic mass is 16.6. The van der Waals surface area contributed by atoms with E-state index in [0.717, 1.165) is 35.3 Å². The molecule has 0 saturated carbocycles. The Morgan fingerprint density at radius 2 is 2.11 bits per heavy atom. The Hall–Kier alpha value is -3.16. The highest BCUT2D eigenvalue weighted by molar-refractivity contribution is 5.91. The molecule has 28 heavy (non-hydrogen) atoms. The van der Waals surface area contributed by atoms with Gasteiger partial charge in [0.05, 0.1) is 13.7 Å². The quantitative estimate of drug-likeness (QED) is 0.876. The number of nitrogens with zero attached hydrogens (tertiary/aromatic N) is 3. The number of hydrogen-bond acceptors (Lipinski definition) is 7. The number of alkyl carbamates (subject to hydrolysis) is 1. The minimum Gasteiger partial charge on any atom is -0.496 e. The van der Waals surface area contributed by atoms with Crippen LogP contribution in [0.4, 0.5) is 4.79 Å². The molecule has 0 saturated heterocycles. The molecule has 146 valence electrons. The monoisotopic (exact) mass is 382 g/mol. The van der Waals surface area contributed by atoms with Gasteiger partial charge in [0.2, 0.25) is 0 Å². The predicted molar refractivity (Wildman–Crippen MR) is 102 cm³/mol. The smallest absolute Gasteiger partial charge is 0.415 e. The van der Waals surface area contributed by atoms with Crippen molar-refractivity contribution >= 4 is 12.1 Å². The number of fused-ring (bicyclic) bond motifs is 1. The summed E-state index contributed by atoms with van der Waals surface area (Å²) in [6.45, 7) is 2.45. The molecule has 1 aromatic heterocycles. The van der Waals surface area contributed by atoms with Crippen molar-refractivity contribution in [3.05, 3.63) is 42.0 Å². The van der Waals surface area contributed by atoms with E-state index in [1.165, 1.54) is 11.9 Å². The minimum absolute atomic E-state index is 0.216. The maximum absolute atomic E-state index is 11.6. The van der Waals surface area contributed by atoms with Crippen molar-refractivity contribution in [3.8, 4) is 16.9 Å². The SMILES string of the molecule is CCOC(=O)NC1=N[C@]2(CCc3c(-c4cncnc4)ccc(OC)c3C2)CO1. The summed E-state index contributed by atoms with van der Waals surface area (Å²) in [5, 5.41) is 2.56. The second-order valence-corrected chi connectivity index (χ2v) is 6.85. The van der Waals surface area contributed by atoms with Crippen LogP contribution in [0.2, 0.25) is 0 Å². The van der Waals surface area contributed by atoms with Gasteiger partial charge in [0.1, 0.15) is 24.2 Å². The maximum atomic E-state index is 11.6. The van der Waals surface area contributed by atoms with Gasteiger partial charge in [-0.05, 0) is 37.0 Å². The first-order chi connectivity index (χ1) is 13.6. The van der Waals surface area contributed by atoms with E-state index in [-0.39, 0.29) is 6.02 Å². The summed E-state index contributed by atoms with van der Waals surface area (Å²) in [6, 6.07) is 4.24. The van der Waals surface area contributed by atoms with Crippen LogP contribution in [0, 0.1) is 0 Å². The standard InChI is InChI=1S/C20H22N4O4/c1-3-27-19(25)23-18-24-20(11-28-18)7-6-15-14(13-9-21-12-22-10-13)4-5-17(26-2)16(15)8-20/h4-5,9-10,12H,3,6-8,11H2,1-2H3,(H,23,24,25)/t20-/m0/s1. The van der Waals surface area contributed by atoms with Crippen LogP contribution in [0.25, 0.3) is 11.1 Å². The van der Waals surface area contributed by atoms with Crippen LogP contribution in [-0.4, -0.2) is 47.9 Å². The predicted octanol–water partition coefficient (Wildman–Crippen LogP) is 2.51. The molecule has 1 aliphatic carbocycles. The van der Waals surface area contributed by atoms with Crippen LogP contribution in [0.5, 0.6) is 5.75 Å². The number of methoxy groups -OCH3 is 1. The lowest BCUT2D eigenvalue weighted by Crippen LogP contribution is -2.36. The highest BCUT2D eigenvalue weighted by Crippen LogP contribution is 2.42. The Labute approximate surface area is 163 Å². The summed E-state index contributed by atoms with van der Waals surface area (Å²) < 4.78 is 16.2. The maximum Gasteiger partial charge on any atom is 0.415 e. The molecular formula is C20H22N4O4. The number of amides is 1. The zero-order valence-electron chi connectivity index (χ0n) is 15.9. The summed E-state index contributed by atoms with van der Waals surface area (Å²) in [4.78, 5) is 24.6. The molecule has 2 heterocycles. The molecule has 2 aromatic rings. The van der Waals surface area contributed by atoms with Crippen molar-refractivity contribution in [2.24, 2.45) is 4.99 Å². The average Bonchev–Trinajstić information content (AvgIpc) is 3.09. The third-order valence-corrected chi connectivity index (χ3v) is 5.13. The summed E-state index contributed by atoms with van der Waals surface area (Å²) in [5.74, 6) is 0.830. The molecule has 8 nitrogen and oxygen atoms in total. The molecule has 1 atom stereocenters. The first-order valence-corrected chi connectivity index (χ1v) is 9.25. The highest BCUT2D eigenvalue weighted by Gasteiger charge is 2.42. The molecule has 8 heteroatoms. The van der Waals surface area contributed by atoms with Crippen LogP contribution >= 0.6 is 0 Å². The number of aromatic nitrogens is 2. The molecule has 1 N–H and O–H groups in total. The van der Waals surface area contributed by atoms with Crippen molar-refractivity contribution in [2.75, 3.05) is 20.3 Å². The molecule has 2 aliphatic rings. The topological polar surface area (TPSA) is 94.9 Å². The van der Waals surface area contributed by atoms with E-state index >= 15 is 0 Å². The van der Waals surface area contributed by atoms with Gasteiger partial charge >= 0.3 is 6.09 Å². The van der Waals surface area contributed by atoms with Crippen molar-refractivity contribution in [1.82, 2.24) is 15.3 Å².